The van der Waals surface area contributed by atoms with Crippen LogP contribution in [0.1, 0.15) is 47.7 Å². The van der Waals surface area contributed by atoms with E-state index in [4.69, 9.17) is 4.74 Å². The van der Waals surface area contributed by atoms with Crippen molar-refractivity contribution in [3.05, 3.63) is 59.3 Å². The predicted molar refractivity (Wildman–Crippen MR) is 155 cm³/mol. The third kappa shape index (κ3) is 5.90. The van der Waals surface area contributed by atoms with Gasteiger partial charge in [0.15, 0.2) is 0 Å². The van der Waals surface area contributed by atoms with Crippen molar-refractivity contribution in [2.45, 2.75) is 38.9 Å². The van der Waals surface area contributed by atoms with Gasteiger partial charge in [-0.1, -0.05) is 0 Å². The van der Waals surface area contributed by atoms with Crippen molar-refractivity contribution in [1.82, 2.24) is 9.97 Å². The molecule has 0 bridgehead atoms. The summed E-state index contributed by atoms with van der Waals surface area (Å²) in [4.78, 5) is 40.5. The molecule has 13 heteroatoms. The van der Waals surface area contributed by atoms with Crippen LogP contribution in [0.4, 0.5) is 46.8 Å². The highest BCUT2D eigenvalue weighted by Crippen LogP contribution is 2.36. The number of nitrogens with one attached hydrogen (secondary N) is 2. The Hall–Kier alpha value is -4.55. The number of amides is 3. The Morgan fingerprint density at radius 1 is 1.05 bits per heavy atom. The van der Waals surface area contributed by atoms with Crippen molar-refractivity contribution in [2.24, 2.45) is 0 Å². The number of aromatic nitrogens is 2. The number of halogens is 3. The number of anilines is 5. The van der Waals surface area contributed by atoms with Crippen LogP contribution >= 0.6 is 0 Å². The molecule has 0 radical (unpaired) electrons. The average molecular weight is 584 g/mol. The number of piperidine rings is 1. The maximum absolute atomic E-state index is 13.8. The molecule has 2 aliphatic heterocycles. The number of methoxy groups -OCH3 is 1. The van der Waals surface area contributed by atoms with Gasteiger partial charge >= 0.3 is 12.2 Å². The normalized spacial score (nSPS) is 15.4. The first-order valence-corrected chi connectivity index (χ1v) is 13.7. The minimum atomic E-state index is -4.61. The fraction of sp³-hybridized carbons (Fsp3) is 0.379. The zero-order valence-corrected chi connectivity index (χ0v) is 23.6. The Bertz CT molecular complexity index is 1490. The van der Waals surface area contributed by atoms with Crippen molar-refractivity contribution >= 4 is 40.8 Å². The smallest absolute Gasteiger partial charge is 0.416 e. The van der Waals surface area contributed by atoms with Crippen LogP contribution in [0.3, 0.4) is 0 Å². The molecule has 0 aliphatic carbocycles. The Morgan fingerprint density at radius 3 is 2.48 bits per heavy atom. The van der Waals surface area contributed by atoms with Gasteiger partial charge in [-0.3, -0.25) is 14.6 Å². The number of rotatable bonds is 7. The van der Waals surface area contributed by atoms with E-state index in [1.807, 2.05) is 11.8 Å². The molecule has 1 saturated heterocycles. The average Bonchev–Trinajstić information content (AvgIpc) is 3.00. The number of nitrogens with zero attached hydrogens (tertiary/aromatic N) is 5. The molecule has 2 aromatic carbocycles. The lowest BCUT2D eigenvalue weighted by Gasteiger charge is -2.35. The van der Waals surface area contributed by atoms with Crippen molar-refractivity contribution in [3.63, 3.8) is 0 Å². The summed E-state index contributed by atoms with van der Waals surface area (Å²) >= 11 is 0. The Labute approximate surface area is 241 Å². The number of urea groups is 1. The van der Waals surface area contributed by atoms with Gasteiger partial charge in [-0.05, 0) is 50.5 Å². The lowest BCUT2D eigenvalue weighted by atomic mass is 10.0. The van der Waals surface area contributed by atoms with Gasteiger partial charge in [0.1, 0.15) is 11.6 Å². The molecule has 10 nitrogen and oxygen atoms in total. The number of carbonyl (C=O) groups is 2. The molecule has 3 heterocycles. The molecule has 3 amide bonds. The van der Waals surface area contributed by atoms with Crippen LogP contribution in [-0.4, -0.2) is 55.7 Å². The number of alkyl halides is 3. The van der Waals surface area contributed by atoms with Crippen molar-refractivity contribution in [2.75, 3.05) is 59.1 Å². The van der Waals surface area contributed by atoms with Gasteiger partial charge in [-0.25, -0.2) is 9.78 Å². The first kappa shape index (κ1) is 29.0. The molecular weight excluding hydrogens is 551 g/mol. The number of benzene rings is 2. The number of hydrogen-bond acceptors (Lipinski definition) is 7. The molecule has 3 aromatic rings. The van der Waals surface area contributed by atoms with E-state index in [1.54, 1.807) is 31.4 Å². The molecule has 1 fully saturated rings. The van der Waals surface area contributed by atoms with Gasteiger partial charge in [0.05, 0.1) is 24.9 Å². The first-order chi connectivity index (χ1) is 20.1. The van der Waals surface area contributed by atoms with E-state index >= 15 is 0 Å². The SMILES string of the molecule is CCN1C(=O)N(c2cc(NC(=O)c3cc(N4CCCCC4)cc(C(F)(F)F)c3)cc(OC)c2)Cc2cnc(NC)nc21. The van der Waals surface area contributed by atoms with Crippen LogP contribution in [-0.2, 0) is 12.7 Å². The molecule has 1 aromatic heterocycles. The monoisotopic (exact) mass is 583 g/mol. The van der Waals surface area contributed by atoms with Gasteiger partial charge in [-0.2, -0.15) is 18.2 Å². The maximum atomic E-state index is 13.8. The number of hydrogen-bond donors (Lipinski definition) is 2. The van der Waals surface area contributed by atoms with E-state index in [9.17, 15) is 22.8 Å². The first-order valence-electron chi connectivity index (χ1n) is 13.7. The summed E-state index contributed by atoms with van der Waals surface area (Å²) in [5.41, 5.74) is 0.763. The van der Waals surface area contributed by atoms with E-state index in [-0.39, 0.29) is 23.8 Å². The van der Waals surface area contributed by atoms with Crippen LogP contribution in [0, 0.1) is 0 Å². The summed E-state index contributed by atoms with van der Waals surface area (Å²) in [5, 5.41) is 5.58. The molecule has 222 valence electrons. The van der Waals surface area contributed by atoms with Gasteiger partial charge in [0.25, 0.3) is 5.91 Å². The van der Waals surface area contributed by atoms with Gasteiger partial charge < -0.3 is 20.3 Å². The predicted octanol–water partition coefficient (Wildman–Crippen LogP) is 5.75. The van der Waals surface area contributed by atoms with Crippen LogP contribution < -0.4 is 30.1 Å². The Morgan fingerprint density at radius 2 is 1.81 bits per heavy atom. The van der Waals surface area contributed by atoms with Crippen LogP contribution in [0.25, 0.3) is 0 Å². The van der Waals surface area contributed by atoms with Crippen LogP contribution in [0.2, 0.25) is 0 Å². The minimum Gasteiger partial charge on any atom is -0.497 e. The molecule has 0 atom stereocenters. The fourth-order valence-corrected chi connectivity index (χ4v) is 5.20. The van der Waals surface area contributed by atoms with Crippen LogP contribution in [0.15, 0.2) is 42.6 Å². The third-order valence-corrected chi connectivity index (χ3v) is 7.35. The highest BCUT2D eigenvalue weighted by molar-refractivity contribution is 6.07. The highest BCUT2D eigenvalue weighted by Gasteiger charge is 2.34. The third-order valence-electron chi connectivity index (χ3n) is 7.35. The largest absolute Gasteiger partial charge is 0.497 e. The van der Waals surface area contributed by atoms with E-state index in [1.165, 1.54) is 23.0 Å². The highest BCUT2D eigenvalue weighted by atomic mass is 19.4. The van der Waals surface area contributed by atoms with Crippen molar-refractivity contribution in [1.29, 1.82) is 0 Å². The van der Waals surface area contributed by atoms with Crippen LogP contribution in [0.5, 0.6) is 5.75 Å². The molecule has 5 rings (SSSR count). The summed E-state index contributed by atoms with van der Waals surface area (Å²) in [6.07, 6.45) is -0.193. The summed E-state index contributed by atoms with van der Waals surface area (Å²) in [5.74, 6) is 0.530. The number of ether oxygens (including phenoxy) is 1. The quantitative estimate of drug-likeness (QED) is 0.365. The second kappa shape index (κ2) is 11.7. The second-order valence-corrected chi connectivity index (χ2v) is 10.1. The van der Waals surface area contributed by atoms with E-state index in [0.29, 0.717) is 48.5 Å². The topological polar surface area (TPSA) is 103 Å². The van der Waals surface area contributed by atoms with Gasteiger partial charge in [0.2, 0.25) is 5.95 Å². The summed E-state index contributed by atoms with van der Waals surface area (Å²) in [7, 11) is 3.14. The standard InChI is InChI=1S/C29H32F3N7O3/c1-4-38-25-19(16-34-27(33-2)36-25)17-39(28(38)41)23-13-21(14-24(15-23)42-3)35-26(40)18-10-20(29(30,31)32)12-22(11-18)37-8-6-5-7-9-37/h10-16H,4-9,17H2,1-3H3,(H,35,40)(H,33,34,36). The Balaban J connectivity index is 1.46. The van der Waals surface area contributed by atoms with E-state index in [2.05, 4.69) is 20.6 Å². The summed E-state index contributed by atoms with van der Waals surface area (Å²) in [6, 6.07) is 7.87. The number of carbonyl (C=O) groups excluding carboxylic acids is 2. The maximum Gasteiger partial charge on any atom is 0.416 e. The minimum absolute atomic E-state index is 0.118. The lowest BCUT2D eigenvalue weighted by molar-refractivity contribution is -0.137. The second-order valence-electron chi connectivity index (χ2n) is 10.1. The van der Waals surface area contributed by atoms with Crippen molar-refractivity contribution < 1.29 is 27.5 Å². The number of fused-ring (bicyclic) bond motifs is 1. The van der Waals surface area contributed by atoms with Gasteiger partial charge in [-0.15, -0.1) is 0 Å². The molecule has 0 spiro atoms. The molecule has 2 N–H and O–H groups in total. The summed E-state index contributed by atoms with van der Waals surface area (Å²) < 4.78 is 46.8. The van der Waals surface area contributed by atoms with E-state index < -0.39 is 17.6 Å². The zero-order valence-electron chi connectivity index (χ0n) is 23.6. The molecule has 0 saturated carbocycles. The molecule has 42 heavy (non-hydrogen) atoms. The Kier molecular flexibility index (Phi) is 8.10. The lowest BCUT2D eigenvalue weighted by Crippen LogP contribution is -2.48. The zero-order chi connectivity index (χ0) is 30.0. The summed E-state index contributed by atoms with van der Waals surface area (Å²) in [6.45, 7) is 3.61. The van der Waals surface area contributed by atoms with Crippen molar-refractivity contribution in [3.8, 4) is 5.75 Å². The molecule has 2 aliphatic rings. The molecule has 0 unspecified atom stereocenters. The molecular formula is C29H32F3N7O3. The fourth-order valence-electron chi connectivity index (χ4n) is 5.20. The van der Waals surface area contributed by atoms with Gasteiger partial charge in [0, 0.05) is 67.5 Å². The van der Waals surface area contributed by atoms with E-state index in [0.717, 1.165) is 37.0 Å².